The molecule has 5 heteroatoms. The molecule has 1 atom stereocenters. The van der Waals surface area contributed by atoms with Crippen LogP contribution < -0.4 is 5.32 Å². The summed E-state index contributed by atoms with van der Waals surface area (Å²) in [7, 11) is 1.27. The first-order valence-corrected chi connectivity index (χ1v) is 6.05. The van der Waals surface area contributed by atoms with E-state index in [0.717, 1.165) is 0 Å². The topological polar surface area (TPSA) is 55.4 Å². The molecule has 0 aromatic heterocycles. The van der Waals surface area contributed by atoms with Crippen LogP contribution in [0.5, 0.6) is 0 Å². The monoisotopic (exact) mass is 267 g/mol. The van der Waals surface area contributed by atoms with Crippen LogP contribution >= 0.6 is 0 Å². The number of carbonyl (C=O) groups is 2. The average Bonchev–Trinajstić information content (AvgIpc) is 2.34. The molecule has 0 fully saturated rings. The molecule has 0 aliphatic carbocycles. The first kappa shape index (κ1) is 15.1. The molecule has 1 amide bonds. The Bertz CT molecular complexity index is 460. The lowest BCUT2D eigenvalue weighted by Crippen LogP contribution is -2.45. The Morgan fingerprint density at radius 2 is 2.05 bits per heavy atom. The number of hydrogen-bond donors (Lipinski definition) is 1. The lowest BCUT2D eigenvalue weighted by Gasteiger charge is -2.19. The van der Waals surface area contributed by atoms with Crippen LogP contribution in [0.3, 0.4) is 0 Å². The van der Waals surface area contributed by atoms with Gasteiger partial charge in [-0.1, -0.05) is 26.0 Å². The lowest BCUT2D eigenvalue weighted by molar-refractivity contribution is -0.146. The minimum absolute atomic E-state index is 0.0258. The molecule has 0 aliphatic heterocycles. The predicted molar refractivity (Wildman–Crippen MR) is 68.9 cm³/mol. The summed E-state index contributed by atoms with van der Waals surface area (Å²) in [5, 5.41) is 2.60. The van der Waals surface area contributed by atoms with E-state index < -0.39 is 17.8 Å². The quantitative estimate of drug-likeness (QED) is 0.826. The predicted octanol–water partition coefficient (Wildman–Crippen LogP) is 1.68. The van der Waals surface area contributed by atoms with Gasteiger partial charge in [-0.2, -0.15) is 0 Å². The molecule has 1 rings (SSSR count). The van der Waals surface area contributed by atoms with Crippen LogP contribution in [0.2, 0.25) is 0 Å². The Balaban J connectivity index is 2.65. The second-order valence-corrected chi connectivity index (χ2v) is 4.62. The van der Waals surface area contributed by atoms with Crippen LogP contribution in [-0.2, 0) is 20.7 Å². The van der Waals surface area contributed by atoms with Gasteiger partial charge in [-0.15, -0.1) is 0 Å². The Kier molecular flexibility index (Phi) is 5.48. The fourth-order valence-corrected chi connectivity index (χ4v) is 1.68. The Hall–Kier alpha value is -1.91. The summed E-state index contributed by atoms with van der Waals surface area (Å²) in [6, 6.07) is 5.11. The van der Waals surface area contributed by atoms with Crippen molar-refractivity contribution >= 4 is 11.9 Å². The van der Waals surface area contributed by atoms with Crippen molar-refractivity contribution in [3.05, 3.63) is 35.6 Å². The number of rotatable bonds is 5. The van der Waals surface area contributed by atoms with E-state index in [1.165, 1.54) is 25.3 Å². The van der Waals surface area contributed by atoms with Crippen LogP contribution in [0.4, 0.5) is 4.39 Å². The van der Waals surface area contributed by atoms with Crippen LogP contribution in [0.15, 0.2) is 24.3 Å². The minimum Gasteiger partial charge on any atom is -0.467 e. The maximum Gasteiger partial charge on any atom is 0.328 e. The zero-order valence-corrected chi connectivity index (χ0v) is 11.3. The molecule has 0 spiro atoms. The highest BCUT2D eigenvalue weighted by Gasteiger charge is 2.24. The van der Waals surface area contributed by atoms with E-state index in [1.807, 2.05) is 13.8 Å². The van der Waals surface area contributed by atoms with E-state index in [0.29, 0.717) is 5.56 Å². The highest BCUT2D eigenvalue weighted by Crippen LogP contribution is 2.07. The zero-order valence-electron chi connectivity index (χ0n) is 11.3. The molecule has 0 radical (unpaired) electrons. The Labute approximate surface area is 112 Å². The number of benzene rings is 1. The number of ether oxygens (including phenoxy) is 1. The second-order valence-electron chi connectivity index (χ2n) is 4.62. The molecule has 0 saturated heterocycles. The number of carbonyl (C=O) groups excluding carboxylic acids is 2. The van der Waals surface area contributed by atoms with Crippen LogP contribution in [0.25, 0.3) is 0 Å². The summed E-state index contributed by atoms with van der Waals surface area (Å²) < 4.78 is 17.6. The van der Waals surface area contributed by atoms with Gasteiger partial charge in [-0.25, -0.2) is 9.18 Å². The maximum absolute atomic E-state index is 13.0. The number of esters is 1. The first-order chi connectivity index (χ1) is 8.93. The SMILES string of the molecule is COC(=O)[C@@H](NC(=O)Cc1cccc(F)c1)C(C)C. The molecule has 0 bridgehead atoms. The smallest absolute Gasteiger partial charge is 0.328 e. The third kappa shape index (κ3) is 4.69. The third-order valence-electron chi connectivity index (χ3n) is 2.69. The largest absolute Gasteiger partial charge is 0.467 e. The van der Waals surface area contributed by atoms with Crippen molar-refractivity contribution in [1.82, 2.24) is 5.32 Å². The van der Waals surface area contributed by atoms with Gasteiger partial charge in [0.05, 0.1) is 13.5 Å². The van der Waals surface area contributed by atoms with Gasteiger partial charge in [0.2, 0.25) is 5.91 Å². The van der Waals surface area contributed by atoms with E-state index in [9.17, 15) is 14.0 Å². The van der Waals surface area contributed by atoms with E-state index in [2.05, 4.69) is 10.1 Å². The van der Waals surface area contributed by atoms with Crippen molar-refractivity contribution in [2.45, 2.75) is 26.3 Å². The van der Waals surface area contributed by atoms with E-state index in [-0.39, 0.29) is 18.2 Å². The average molecular weight is 267 g/mol. The summed E-state index contributed by atoms with van der Waals surface area (Å²) in [6.45, 7) is 3.62. The summed E-state index contributed by atoms with van der Waals surface area (Å²) in [6.07, 6.45) is 0.0258. The normalized spacial score (nSPS) is 12.1. The molecule has 0 heterocycles. The van der Waals surface area contributed by atoms with E-state index in [1.54, 1.807) is 6.07 Å². The summed E-state index contributed by atoms with van der Waals surface area (Å²) in [4.78, 5) is 23.3. The third-order valence-corrected chi connectivity index (χ3v) is 2.69. The van der Waals surface area contributed by atoms with Gasteiger partial charge in [-0.05, 0) is 23.6 Å². The fourth-order valence-electron chi connectivity index (χ4n) is 1.68. The van der Waals surface area contributed by atoms with Crippen LogP contribution in [-0.4, -0.2) is 25.0 Å². The van der Waals surface area contributed by atoms with Gasteiger partial charge in [0.1, 0.15) is 11.9 Å². The number of methoxy groups -OCH3 is 1. The summed E-state index contributed by atoms with van der Waals surface area (Å²) in [5.41, 5.74) is 0.560. The summed E-state index contributed by atoms with van der Waals surface area (Å²) >= 11 is 0. The molecule has 0 unspecified atom stereocenters. The van der Waals surface area contributed by atoms with Crippen molar-refractivity contribution < 1.29 is 18.7 Å². The lowest BCUT2D eigenvalue weighted by atomic mass is 10.0. The van der Waals surface area contributed by atoms with E-state index >= 15 is 0 Å². The van der Waals surface area contributed by atoms with Gasteiger partial charge in [0, 0.05) is 0 Å². The number of halogens is 1. The number of amides is 1. The van der Waals surface area contributed by atoms with Crippen molar-refractivity contribution in [1.29, 1.82) is 0 Å². The molecule has 1 aromatic rings. The summed E-state index contributed by atoms with van der Waals surface area (Å²) in [5.74, 6) is -1.29. The molecular formula is C14H18FNO3. The van der Waals surface area contributed by atoms with Crippen molar-refractivity contribution in [3.8, 4) is 0 Å². The van der Waals surface area contributed by atoms with Crippen LogP contribution in [0, 0.1) is 11.7 Å². The molecule has 1 N–H and O–H groups in total. The maximum atomic E-state index is 13.0. The fraction of sp³-hybridized carbons (Fsp3) is 0.429. The Morgan fingerprint density at radius 3 is 2.58 bits per heavy atom. The standard InChI is InChI=1S/C14H18FNO3/c1-9(2)13(14(18)19-3)16-12(17)8-10-5-4-6-11(15)7-10/h4-7,9,13H,8H2,1-3H3,(H,16,17)/t13-/m0/s1. The number of nitrogens with one attached hydrogen (secondary N) is 1. The first-order valence-electron chi connectivity index (χ1n) is 6.05. The minimum atomic E-state index is -0.689. The van der Waals surface area contributed by atoms with Gasteiger partial charge >= 0.3 is 5.97 Å². The van der Waals surface area contributed by atoms with Gasteiger partial charge in [0.15, 0.2) is 0 Å². The molecule has 0 aliphatic rings. The zero-order chi connectivity index (χ0) is 14.4. The number of hydrogen-bond acceptors (Lipinski definition) is 3. The van der Waals surface area contributed by atoms with E-state index in [4.69, 9.17) is 0 Å². The van der Waals surface area contributed by atoms with Crippen molar-refractivity contribution in [2.75, 3.05) is 7.11 Å². The molecule has 1 aromatic carbocycles. The molecule has 0 saturated carbocycles. The van der Waals surface area contributed by atoms with Gasteiger partial charge in [0.25, 0.3) is 0 Å². The molecule has 104 valence electrons. The second kappa shape index (κ2) is 6.87. The molecule has 4 nitrogen and oxygen atoms in total. The highest BCUT2D eigenvalue weighted by atomic mass is 19.1. The van der Waals surface area contributed by atoms with Gasteiger partial charge < -0.3 is 10.1 Å². The van der Waals surface area contributed by atoms with Gasteiger partial charge in [-0.3, -0.25) is 4.79 Å². The van der Waals surface area contributed by atoms with Crippen LogP contribution in [0.1, 0.15) is 19.4 Å². The van der Waals surface area contributed by atoms with Crippen molar-refractivity contribution in [2.24, 2.45) is 5.92 Å². The molecule has 19 heavy (non-hydrogen) atoms. The molecular weight excluding hydrogens is 249 g/mol. The highest BCUT2D eigenvalue weighted by molar-refractivity contribution is 5.85. The van der Waals surface area contributed by atoms with Crippen molar-refractivity contribution in [3.63, 3.8) is 0 Å². The Morgan fingerprint density at radius 1 is 1.37 bits per heavy atom.